The molecule has 5 aliphatic rings. The molecule has 10 atom stereocenters. The predicted molar refractivity (Wildman–Crippen MR) is 143 cm³/mol. The molecule has 3 saturated heterocycles. The highest BCUT2D eigenvalue weighted by molar-refractivity contribution is 5.79. The highest BCUT2D eigenvalue weighted by Crippen LogP contribution is 2.57. The first kappa shape index (κ1) is 28.4. The van der Waals surface area contributed by atoms with E-state index in [1.807, 2.05) is 24.3 Å². The molecule has 0 aromatic heterocycles. The fourth-order valence-electron chi connectivity index (χ4n) is 6.92. The fourth-order valence-corrected chi connectivity index (χ4v) is 6.92. The summed E-state index contributed by atoms with van der Waals surface area (Å²) >= 11 is 0. The number of ether oxygens (including phenoxy) is 10. The number of methoxy groups -OCH3 is 3. The second-order valence-electron chi connectivity index (χ2n) is 11.2. The molecule has 0 spiro atoms. The van der Waals surface area contributed by atoms with Gasteiger partial charge in [-0.15, -0.1) is 0 Å². The first-order valence-corrected chi connectivity index (χ1v) is 14.2. The molecule has 7 rings (SSSR count). The van der Waals surface area contributed by atoms with Crippen LogP contribution in [-0.2, 0) is 28.5 Å². The molecule has 2 N–H and O–H groups in total. The van der Waals surface area contributed by atoms with Gasteiger partial charge in [0.2, 0.25) is 12.5 Å². The lowest BCUT2D eigenvalue weighted by atomic mass is 9.66. The van der Waals surface area contributed by atoms with E-state index in [4.69, 9.17) is 47.4 Å². The molecule has 0 radical (unpaired) electrons. The number of carbonyl (C=O) groups excluding carboxylic acids is 1. The smallest absolute Gasteiger partial charge is 0.310 e. The van der Waals surface area contributed by atoms with Crippen molar-refractivity contribution in [3.05, 3.63) is 41.0 Å². The van der Waals surface area contributed by atoms with Crippen molar-refractivity contribution in [2.24, 2.45) is 11.8 Å². The Balaban J connectivity index is 1.32. The number of benzene rings is 2. The molecule has 1 aliphatic carbocycles. The van der Waals surface area contributed by atoms with Gasteiger partial charge in [-0.05, 0) is 47.9 Å². The van der Waals surface area contributed by atoms with Crippen LogP contribution < -0.4 is 23.7 Å². The largest absolute Gasteiger partial charge is 0.493 e. The molecule has 4 aliphatic heterocycles. The van der Waals surface area contributed by atoms with E-state index in [1.54, 1.807) is 6.92 Å². The number of esters is 1. The maximum absolute atomic E-state index is 13.5. The molecular weight excluding hydrogens is 568 g/mol. The van der Waals surface area contributed by atoms with E-state index in [1.165, 1.54) is 21.3 Å². The van der Waals surface area contributed by atoms with Crippen LogP contribution in [0.25, 0.3) is 0 Å². The van der Waals surface area contributed by atoms with Crippen LogP contribution in [0, 0.1) is 11.8 Å². The van der Waals surface area contributed by atoms with Crippen molar-refractivity contribution < 1.29 is 62.4 Å². The molecule has 13 nitrogen and oxygen atoms in total. The second-order valence-corrected chi connectivity index (χ2v) is 11.2. The van der Waals surface area contributed by atoms with Crippen LogP contribution in [0.2, 0.25) is 0 Å². The van der Waals surface area contributed by atoms with Gasteiger partial charge in [0.25, 0.3) is 0 Å². The highest BCUT2D eigenvalue weighted by atomic mass is 16.8. The normalized spacial score (nSPS) is 35.8. The Morgan fingerprint density at radius 2 is 1.53 bits per heavy atom. The van der Waals surface area contributed by atoms with Gasteiger partial charge in [0, 0.05) is 11.8 Å². The summed E-state index contributed by atoms with van der Waals surface area (Å²) in [6, 6.07) is 7.31. The zero-order valence-corrected chi connectivity index (χ0v) is 24.1. The van der Waals surface area contributed by atoms with Gasteiger partial charge >= 0.3 is 5.97 Å². The van der Waals surface area contributed by atoms with E-state index >= 15 is 0 Å². The number of hydrogen-bond donors (Lipinski definition) is 2. The summed E-state index contributed by atoms with van der Waals surface area (Å²) in [6.07, 6.45) is -6.70. The van der Waals surface area contributed by atoms with Crippen LogP contribution in [0.4, 0.5) is 0 Å². The van der Waals surface area contributed by atoms with Crippen LogP contribution in [0.1, 0.15) is 35.6 Å². The van der Waals surface area contributed by atoms with Crippen LogP contribution >= 0.6 is 0 Å². The zero-order valence-electron chi connectivity index (χ0n) is 24.1. The third-order valence-electron chi connectivity index (χ3n) is 8.93. The standard InChI is InChI=1S/C30H34O13/c1-12-37-10-21-28(41-12)24(31)25(32)30(42-21)43-26-15-8-18-17(39-11-40-18)7-14(15)22(23-16(26)9-38-29(23)33)13-5-19(34-2)27(36-4)20(6-13)35-3/h5-8,12,16,21-26,28,30-32H,9-11H2,1-4H3/t12-,16+,21-,22-,23+,24-,25-,26-,28-,30?/m1/s1. The minimum atomic E-state index is -1.42. The van der Waals surface area contributed by atoms with E-state index in [0.717, 1.165) is 11.1 Å². The number of fused-ring (bicyclic) bond motifs is 4. The third kappa shape index (κ3) is 4.57. The average Bonchev–Trinajstić information content (AvgIpc) is 3.64. The Morgan fingerprint density at radius 1 is 0.837 bits per heavy atom. The molecule has 2 aromatic rings. The summed E-state index contributed by atoms with van der Waals surface area (Å²) in [6.45, 7) is 1.99. The van der Waals surface area contributed by atoms with Gasteiger partial charge in [0.05, 0.1) is 46.6 Å². The quantitative estimate of drug-likeness (QED) is 0.462. The van der Waals surface area contributed by atoms with Crippen LogP contribution in [0.15, 0.2) is 24.3 Å². The SMILES string of the molecule is COc1cc([C@@H]2c3cc4c(cc3[C@@H](OC3O[C@@H]5CO[C@@H](C)O[C@H]5[C@H](O)[C@H]3O)[C@H]3COC(=O)[C@H]23)OCO4)cc(OC)c1OC. The van der Waals surface area contributed by atoms with Gasteiger partial charge < -0.3 is 57.6 Å². The van der Waals surface area contributed by atoms with Crippen molar-refractivity contribution in [1.29, 1.82) is 0 Å². The van der Waals surface area contributed by atoms with Gasteiger partial charge in [-0.2, -0.15) is 0 Å². The number of aliphatic hydroxyl groups excluding tert-OH is 2. The Labute approximate surface area is 247 Å². The molecule has 43 heavy (non-hydrogen) atoms. The van der Waals surface area contributed by atoms with Crippen LogP contribution in [0.3, 0.4) is 0 Å². The second kappa shape index (κ2) is 11.0. The molecule has 232 valence electrons. The van der Waals surface area contributed by atoms with Gasteiger partial charge in [-0.3, -0.25) is 4.79 Å². The molecule has 1 unspecified atom stereocenters. The first-order chi connectivity index (χ1) is 20.8. The summed E-state index contributed by atoms with van der Waals surface area (Å²) in [5.41, 5.74) is 2.19. The topological polar surface area (TPSA) is 150 Å². The lowest BCUT2D eigenvalue weighted by Gasteiger charge is -2.47. The summed E-state index contributed by atoms with van der Waals surface area (Å²) < 4.78 is 57.7. The summed E-state index contributed by atoms with van der Waals surface area (Å²) in [4.78, 5) is 13.5. The minimum Gasteiger partial charge on any atom is -0.493 e. The van der Waals surface area contributed by atoms with Crippen molar-refractivity contribution in [3.63, 3.8) is 0 Å². The van der Waals surface area contributed by atoms with E-state index in [0.29, 0.717) is 34.3 Å². The highest BCUT2D eigenvalue weighted by Gasteiger charge is 2.56. The average molecular weight is 603 g/mol. The number of cyclic esters (lactones) is 1. The Bertz CT molecular complexity index is 1370. The molecule has 4 heterocycles. The van der Waals surface area contributed by atoms with Crippen molar-refractivity contribution in [2.45, 2.75) is 55.9 Å². The van der Waals surface area contributed by atoms with E-state index in [2.05, 4.69) is 0 Å². The first-order valence-electron chi connectivity index (χ1n) is 14.2. The number of carbonyl (C=O) groups is 1. The van der Waals surface area contributed by atoms with Gasteiger partial charge in [-0.1, -0.05) is 0 Å². The Morgan fingerprint density at radius 3 is 2.21 bits per heavy atom. The third-order valence-corrected chi connectivity index (χ3v) is 8.93. The number of hydrogen-bond acceptors (Lipinski definition) is 13. The lowest BCUT2D eigenvalue weighted by Crippen LogP contribution is -2.63. The Hall–Kier alpha value is -3.33. The maximum atomic E-state index is 13.5. The van der Waals surface area contributed by atoms with E-state index < -0.39 is 66.8 Å². The molecule has 13 heteroatoms. The van der Waals surface area contributed by atoms with E-state index in [9.17, 15) is 15.0 Å². The zero-order chi connectivity index (χ0) is 30.0. The lowest BCUT2D eigenvalue weighted by molar-refractivity contribution is -0.364. The monoisotopic (exact) mass is 602 g/mol. The maximum Gasteiger partial charge on any atom is 0.310 e. The van der Waals surface area contributed by atoms with Gasteiger partial charge in [-0.25, -0.2) is 0 Å². The molecule has 0 amide bonds. The predicted octanol–water partition coefficient (Wildman–Crippen LogP) is 1.64. The van der Waals surface area contributed by atoms with Crippen molar-refractivity contribution in [1.82, 2.24) is 0 Å². The number of aliphatic hydroxyl groups is 2. The molecular formula is C30H34O13. The van der Waals surface area contributed by atoms with Gasteiger partial charge in [0.1, 0.15) is 24.4 Å². The van der Waals surface area contributed by atoms with Crippen molar-refractivity contribution >= 4 is 5.97 Å². The van der Waals surface area contributed by atoms with Crippen LogP contribution in [-0.4, -0.2) is 94.5 Å². The summed E-state index contributed by atoms with van der Waals surface area (Å²) in [7, 11) is 4.58. The fraction of sp³-hybridized carbons (Fsp3) is 0.567. The summed E-state index contributed by atoms with van der Waals surface area (Å²) in [5.74, 6) is 0.289. The minimum absolute atomic E-state index is 0.0473. The molecule has 3 fully saturated rings. The van der Waals surface area contributed by atoms with Gasteiger partial charge in [0.15, 0.2) is 35.6 Å². The summed E-state index contributed by atoms with van der Waals surface area (Å²) in [5, 5.41) is 22.0. The Kier molecular flexibility index (Phi) is 7.27. The van der Waals surface area contributed by atoms with Crippen molar-refractivity contribution in [3.8, 4) is 28.7 Å². The molecule has 0 saturated carbocycles. The molecule has 0 bridgehead atoms. The van der Waals surface area contributed by atoms with Crippen LogP contribution in [0.5, 0.6) is 28.7 Å². The van der Waals surface area contributed by atoms with E-state index in [-0.39, 0.29) is 20.0 Å². The number of rotatable bonds is 6. The van der Waals surface area contributed by atoms with Crippen molar-refractivity contribution in [2.75, 3.05) is 41.3 Å². The molecule has 2 aromatic carbocycles.